The smallest absolute Gasteiger partial charge is 0.257 e. The van der Waals surface area contributed by atoms with Crippen LogP contribution in [0.2, 0.25) is 5.02 Å². The maximum atomic E-state index is 13.0. The molecule has 0 aliphatic heterocycles. The van der Waals surface area contributed by atoms with Crippen molar-refractivity contribution in [2.75, 3.05) is 6.54 Å². The van der Waals surface area contributed by atoms with Crippen LogP contribution in [-0.4, -0.2) is 22.7 Å². The van der Waals surface area contributed by atoms with Crippen molar-refractivity contribution in [3.63, 3.8) is 0 Å². The third kappa shape index (κ3) is 3.60. The van der Waals surface area contributed by atoms with Gasteiger partial charge in [-0.2, -0.15) is 0 Å². The minimum absolute atomic E-state index is 0.0571. The van der Waals surface area contributed by atoms with E-state index in [1.807, 2.05) is 17.5 Å². The van der Waals surface area contributed by atoms with Gasteiger partial charge in [0.1, 0.15) is 22.6 Å². The van der Waals surface area contributed by atoms with Gasteiger partial charge in [-0.3, -0.25) is 4.79 Å². The number of aliphatic hydroxyl groups is 1. The Kier molecular flexibility index (Phi) is 5.27. The number of nitrogens with zero attached hydrogens (tertiary/aromatic N) is 1. The molecule has 3 aromatic heterocycles. The summed E-state index contributed by atoms with van der Waals surface area (Å²) in [5.74, 6) is -0.0578. The molecule has 0 spiro atoms. The highest BCUT2D eigenvalue weighted by Gasteiger charge is 2.35. The van der Waals surface area contributed by atoms with E-state index in [1.54, 1.807) is 37.3 Å². The van der Waals surface area contributed by atoms with Crippen molar-refractivity contribution in [2.24, 2.45) is 0 Å². The van der Waals surface area contributed by atoms with Gasteiger partial charge < -0.3 is 19.4 Å². The molecule has 4 aromatic rings. The van der Waals surface area contributed by atoms with Gasteiger partial charge in [0, 0.05) is 16.0 Å². The molecular formula is C21H17ClN2O4S. The van der Waals surface area contributed by atoms with Crippen molar-refractivity contribution in [1.82, 2.24) is 10.5 Å². The summed E-state index contributed by atoms with van der Waals surface area (Å²) in [6.07, 6.45) is 2.95. The number of carbonyl (C=O) groups excluding carboxylic acids is 1. The Morgan fingerprint density at radius 1 is 1.28 bits per heavy atom. The summed E-state index contributed by atoms with van der Waals surface area (Å²) in [6, 6.07) is 12.4. The van der Waals surface area contributed by atoms with Gasteiger partial charge in [0.15, 0.2) is 0 Å². The number of hydrogen-bond acceptors (Lipinski definition) is 6. The first-order chi connectivity index (χ1) is 14.0. The van der Waals surface area contributed by atoms with E-state index in [0.29, 0.717) is 32.5 Å². The molecule has 2 N–H and O–H groups in total. The number of halogens is 1. The molecular weight excluding hydrogens is 412 g/mol. The lowest BCUT2D eigenvalue weighted by atomic mass is 9.94. The maximum absolute atomic E-state index is 13.0. The van der Waals surface area contributed by atoms with Crippen LogP contribution in [0.3, 0.4) is 0 Å². The predicted molar refractivity (Wildman–Crippen MR) is 110 cm³/mol. The summed E-state index contributed by atoms with van der Waals surface area (Å²) in [5.41, 5.74) is 0.354. The fraction of sp³-hybridized carbons (Fsp3) is 0.143. The highest BCUT2D eigenvalue weighted by molar-refractivity contribution is 7.10. The Bertz CT molecular complexity index is 1090. The number of aromatic nitrogens is 1. The highest BCUT2D eigenvalue weighted by Crippen LogP contribution is 2.34. The molecule has 0 radical (unpaired) electrons. The average Bonchev–Trinajstić information content (AvgIpc) is 3.47. The van der Waals surface area contributed by atoms with Crippen LogP contribution in [-0.2, 0) is 5.60 Å². The first kappa shape index (κ1) is 19.4. The Morgan fingerprint density at radius 2 is 2.10 bits per heavy atom. The van der Waals surface area contributed by atoms with Gasteiger partial charge in [0.2, 0.25) is 0 Å². The van der Waals surface area contributed by atoms with Gasteiger partial charge in [-0.25, -0.2) is 0 Å². The molecule has 0 saturated heterocycles. The van der Waals surface area contributed by atoms with Crippen molar-refractivity contribution in [2.45, 2.75) is 12.5 Å². The molecule has 29 heavy (non-hydrogen) atoms. The summed E-state index contributed by atoms with van der Waals surface area (Å²) < 4.78 is 10.4. The third-order valence-corrected chi connectivity index (χ3v) is 6.00. The number of carbonyl (C=O) groups is 1. The maximum Gasteiger partial charge on any atom is 0.257 e. The molecule has 1 aromatic carbocycles. The van der Waals surface area contributed by atoms with Crippen LogP contribution in [0, 0.1) is 6.92 Å². The van der Waals surface area contributed by atoms with E-state index in [1.165, 1.54) is 23.9 Å². The molecule has 0 aliphatic rings. The Morgan fingerprint density at radius 3 is 2.79 bits per heavy atom. The second-order valence-electron chi connectivity index (χ2n) is 6.47. The molecule has 4 rings (SSSR count). The number of hydrogen-bond donors (Lipinski definition) is 2. The van der Waals surface area contributed by atoms with Crippen molar-refractivity contribution < 1.29 is 18.8 Å². The van der Waals surface area contributed by atoms with E-state index in [9.17, 15) is 9.90 Å². The fourth-order valence-corrected chi connectivity index (χ4v) is 4.19. The second-order valence-corrected chi connectivity index (χ2v) is 7.83. The molecule has 0 aliphatic carbocycles. The zero-order valence-corrected chi connectivity index (χ0v) is 17.0. The molecule has 0 fully saturated rings. The summed E-state index contributed by atoms with van der Waals surface area (Å²) in [6.45, 7) is 1.60. The predicted octanol–water partition coefficient (Wildman–Crippen LogP) is 4.62. The lowest BCUT2D eigenvalue weighted by molar-refractivity contribution is 0.0713. The Labute approximate surface area is 175 Å². The largest absolute Gasteiger partial charge is 0.472 e. The number of benzene rings is 1. The zero-order valence-electron chi connectivity index (χ0n) is 15.4. The number of amides is 1. The monoisotopic (exact) mass is 428 g/mol. The number of nitrogens with one attached hydrogen (secondary N) is 1. The SMILES string of the molecule is Cc1onc(-c2ccccc2Cl)c1C(=O)NCC(O)(c1ccoc1)c1cccs1. The number of rotatable bonds is 6. The molecule has 148 valence electrons. The number of thiophene rings is 1. The van der Waals surface area contributed by atoms with E-state index in [0.717, 1.165) is 0 Å². The van der Waals surface area contributed by atoms with Gasteiger partial charge in [0.25, 0.3) is 5.91 Å². The normalized spacial score (nSPS) is 13.2. The zero-order chi connectivity index (χ0) is 20.4. The van der Waals surface area contributed by atoms with Crippen LogP contribution >= 0.6 is 22.9 Å². The van der Waals surface area contributed by atoms with Gasteiger partial charge in [0.05, 0.1) is 24.1 Å². The Hall–Kier alpha value is -2.87. The van der Waals surface area contributed by atoms with Crippen molar-refractivity contribution in [3.05, 3.63) is 87.2 Å². The molecule has 1 amide bonds. The first-order valence-electron chi connectivity index (χ1n) is 8.79. The van der Waals surface area contributed by atoms with Crippen LogP contribution in [0.4, 0.5) is 0 Å². The molecule has 1 atom stereocenters. The van der Waals surface area contributed by atoms with Gasteiger partial charge in [-0.05, 0) is 30.5 Å². The minimum atomic E-state index is -1.42. The van der Waals surface area contributed by atoms with E-state index in [-0.39, 0.29) is 12.1 Å². The van der Waals surface area contributed by atoms with Crippen molar-refractivity contribution >= 4 is 28.8 Å². The summed E-state index contributed by atoms with van der Waals surface area (Å²) in [5, 5.41) is 20.5. The Balaban J connectivity index is 1.64. The van der Waals surface area contributed by atoms with Crippen LogP contribution in [0.1, 0.15) is 26.6 Å². The van der Waals surface area contributed by atoms with Crippen LogP contribution < -0.4 is 5.32 Å². The summed E-state index contributed by atoms with van der Waals surface area (Å²) >= 11 is 7.66. The lowest BCUT2D eigenvalue weighted by Gasteiger charge is -2.26. The molecule has 3 heterocycles. The topological polar surface area (TPSA) is 88.5 Å². The van der Waals surface area contributed by atoms with E-state index >= 15 is 0 Å². The van der Waals surface area contributed by atoms with Gasteiger partial charge in [-0.1, -0.05) is 41.0 Å². The first-order valence-corrected chi connectivity index (χ1v) is 10.0. The third-order valence-electron chi connectivity index (χ3n) is 4.65. The number of aryl methyl sites for hydroxylation is 1. The standard InChI is InChI=1S/C21H17ClN2O4S/c1-13-18(19(24-28-13)15-5-2-3-6-16(15)22)20(25)23-12-21(26,14-8-9-27-11-14)17-7-4-10-29-17/h2-11,26H,12H2,1H3,(H,23,25). The highest BCUT2D eigenvalue weighted by atomic mass is 35.5. The van der Waals surface area contributed by atoms with Gasteiger partial charge >= 0.3 is 0 Å². The number of furan rings is 1. The fourth-order valence-electron chi connectivity index (χ4n) is 3.12. The second kappa shape index (κ2) is 7.87. The molecule has 6 nitrogen and oxygen atoms in total. The van der Waals surface area contributed by atoms with Crippen LogP contribution in [0.5, 0.6) is 0 Å². The molecule has 0 saturated carbocycles. The molecule has 0 bridgehead atoms. The molecule has 1 unspecified atom stereocenters. The minimum Gasteiger partial charge on any atom is -0.472 e. The summed E-state index contributed by atoms with van der Waals surface area (Å²) in [7, 11) is 0. The molecule has 8 heteroatoms. The quantitative estimate of drug-likeness (QED) is 0.467. The van der Waals surface area contributed by atoms with Crippen molar-refractivity contribution in [1.29, 1.82) is 0 Å². The van der Waals surface area contributed by atoms with E-state index in [2.05, 4.69) is 10.5 Å². The average molecular weight is 429 g/mol. The van der Waals surface area contributed by atoms with Gasteiger partial charge in [-0.15, -0.1) is 11.3 Å². The van der Waals surface area contributed by atoms with Crippen LogP contribution in [0.25, 0.3) is 11.3 Å². The van der Waals surface area contributed by atoms with Crippen LogP contribution in [0.15, 0.2) is 69.3 Å². The summed E-state index contributed by atoms with van der Waals surface area (Å²) in [4.78, 5) is 13.7. The lowest BCUT2D eigenvalue weighted by Crippen LogP contribution is -2.41. The van der Waals surface area contributed by atoms with E-state index < -0.39 is 11.5 Å². The van der Waals surface area contributed by atoms with Crippen molar-refractivity contribution in [3.8, 4) is 11.3 Å². The van der Waals surface area contributed by atoms with E-state index in [4.69, 9.17) is 20.5 Å².